The fraction of sp³-hybridized carbons (Fsp3) is 0.273. The van der Waals surface area contributed by atoms with Crippen molar-refractivity contribution in [1.29, 1.82) is 0 Å². The molecule has 1 aliphatic heterocycles. The van der Waals surface area contributed by atoms with Crippen molar-refractivity contribution in [2.75, 3.05) is 6.54 Å². The molecule has 0 radical (unpaired) electrons. The maximum Gasteiger partial charge on any atom is 0.243 e. The number of benzene rings is 1. The third-order valence-electron chi connectivity index (χ3n) is 2.46. The van der Waals surface area contributed by atoms with Crippen LogP contribution in [-0.2, 0) is 16.0 Å². The Morgan fingerprint density at radius 3 is 2.81 bits per heavy atom. The summed E-state index contributed by atoms with van der Waals surface area (Å²) in [6, 6.07) is 5.53. The first-order valence-corrected chi connectivity index (χ1v) is 4.97. The van der Waals surface area contributed by atoms with Gasteiger partial charge < -0.3 is 10.6 Å². The standard InChI is InChI=1S/C11H11FN2O2/c12-8-4-2-1-3-7(8)5-9-11(16)13-6-10(15)14-9/h1-4,9H,5-6H2,(H,13,16)(H,14,15)/t9-/m0/s1. The van der Waals surface area contributed by atoms with E-state index in [4.69, 9.17) is 0 Å². The molecule has 1 fully saturated rings. The van der Waals surface area contributed by atoms with Crippen molar-refractivity contribution < 1.29 is 14.0 Å². The zero-order valence-corrected chi connectivity index (χ0v) is 8.50. The summed E-state index contributed by atoms with van der Waals surface area (Å²) in [5.41, 5.74) is 0.421. The zero-order chi connectivity index (χ0) is 11.5. The highest BCUT2D eigenvalue weighted by molar-refractivity contribution is 5.94. The lowest BCUT2D eigenvalue weighted by molar-refractivity contribution is -0.133. The van der Waals surface area contributed by atoms with E-state index >= 15 is 0 Å². The average molecular weight is 222 g/mol. The first kappa shape index (κ1) is 10.6. The van der Waals surface area contributed by atoms with Gasteiger partial charge in [-0.2, -0.15) is 0 Å². The first-order chi connectivity index (χ1) is 7.66. The first-order valence-electron chi connectivity index (χ1n) is 4.97. The molecule has 1 aromatic carbocycles. The molecule has 84 valence electrons. The molecule has 1 heterocycles. The Morgan fingerprint density at radius 2 is 2.06 bits per heavy atom. The molecule has 1 aliphatic rings. The van der Waals surface area contributed by atoms with E-state index in [2.05, 4.69) is 10.6 Å². The van der Waals surface area contributed by atoms with Crippen LogP contribution in [0.4, 0.5) is 4.39 Å². The lowest BCUT2D eigenvalue weighted by Crippen LogP contribution is -2.56. The number of amides is 2. The maximum atomic E-state index is 13.3. The van der Waals surface area contributed by atoms with Gasteiger partial charge in [-0.1, -0.05) is 18.2 Å². The highest BCUT2D eigenvalue weighted by Crippen LogP contribution is 2.10. The van der Waals surface area contributed by atoms with E-state index in [1.54, 1.807) is 18.2 Å². The normalized spacial score (nSPS) is 20.2. The van der Waals surface area contributed by atoms with Gasteiger partial charge >= 0.3 is 0 Å². The van der Waals surface area contributed by atoms with Gasteiger partial charge in [-0.15, -0.1) is 0 Å². The summed E-state index contributed by atoms with van der Waals surface area (Å²) in [5, 5.41) is 4.97. The Morgan fingerprint density at radius 1 is 1.31 bits per heavy atom. The number of piperazine rings is 1. The second-order valence-electron chi connectivity index (χ2n) is 3.63. The summed E-state index contributed by atoms with van der Waals surface area (Å²) in [4.78, 5) is 22.5. The van der Waals surface area contributed by atoms with Crippen molar-refractivity contribution in [2.24, 2.45) is 0 Å². The van der Waals surface area contributed by atoms with Gasteiger partial charge in [-0.25, -0.2) is 4.39 Å². The Bertz CT molecular complexity index is 434. The summed E-state index contributed by atoms with van der Waals surface area (Å²) < 4.78 is 13.3. The fourth-order valence-corrected chi connectivity index (χ4v) is 1.63. The Balaban J connectivity index is 2.12. The van der Waals surface area contributed by atoms with Crippen LogP contribution < -0.4 is 10.6 Å². The van der Waals surface area contributed by atoms with Crippen molar-refractivity contribution in [3.8, 4) is 0 Å². The molecule has 0 bridgehead atoms. The topological polar surface area (TPSA) is 58.2 Å². The van der Waals surface area contributed by atoms with Crippen LogP contribution in [0, 0.1) is 5.82 Å². The van der Waals surface area contributed by atoms with E-state index in [1.165, 1.54) is 6.07 Å². The molecule has 0 saturated carbocycles. The van der Waals surface area contributed by atoms with Crippen LogP contribution in [0.15, 0.2) is 24.3 Å². The summed E-state index contributed by atoms with van der Waals surface area (Å²) in [5.74, 6) is -0.890. The third-order valence-corrected chi connectivity index (χ3v) is 2.46. The molecule has 0 aliphatic carbocycles. The van der Waals surface area contributed by atoms with Crippen LogP contribution in [0.3, 0.4) is 0 Å². The van der Waals surface area contributed by atoms with Gasteiger partial charge in [0.15, 0.2) is 0 Å². The number of nitrogens with one attached hydrogen (secondary N) is 2. The predicted octanol–water partition coefficient (Wildman–Crippen LogP) is -0.0172. The summed E-state index contributed by atoms with van der Waals surface area (Å²) in [7, 11) is 0. The molecule has 0 unspecified atom stereocenters. The molecule has 2 rings (SSSR count). The van der Waals surface area contributed by atoms with Crippen molar-refractivity contribution in [1.82, 2.24) is 10.6 Å². The Labute approximate surface area is 91.8 Å². The summed E-state index contributed by atoms with van der Waals surface area (Å²) in [6.45, 7) is -0.00734. The largest absolute Gasteiger partial charge is 0.345 e. The number of carbonyl (C=O) groups excluding carboxylic acids is 2. The van der Waals surface area contributed by atoms with E-state index in [0.29, 0.717) is 5.56 Å². The minimum absolute atomic E-state index is 0.00734. The highest BCUT2D eigenvalue weighted by atomic mass is 19.1. The van der Waals surface area contributed by atoms with E-state index in [-0.39, 0.29) is 30.6 Å². The molecular formula is C11H11FN2O2. The minimum Gasteiger partial charge on any atom is -0.345 e. The van der Waals surface area contributed by atoms with E-state index in [1.807, 2.05) is 0 Å². The molecule has 1 atom stereocenters. The van der Waals surface area contributed by atoms with Crippen LogP contribution in [-0.4, -0.2) is 24.4 Å². The van der Waals surface area contributed by atoms with Gasteiger partial charge in [-0.3, -0.25) is 9.59 Å². The van der Waals surface area contributed by atoms with Gasteiger partial charge in [0.25, 0.3) is 0 Å². The number of hydrogen-bond acceptors (Lipinski definition) is 2. The maximum absolute atomic E-state index is 13.3. The SMILES string of the molecule is O=C1CNC(=O)[C@H](Cc2ccccc2F)N1. The van der Waals surface area contributed by atoms with Crippen molar-refractivity contribution in [2.45, 2.75) is 12.5 Å². The summed E-state index contributed by atoms with van der Waals surface area (Å²) in [6.07, 6.45) is 0.171. The minimum atomic E-state index is -0.682. The monoisotopic (exact) mass is 222 g/mol. The molecular weight excluding hydrogens is 211 g/mol. The molecule has 1 aromatic rings. The lowest BCUT2D eigenvalue weighted by atomic mass is 10.0. The van der Waals surface area contributed by atoms with E-state index in [9.17, 15) is 14.0 Å². The molecule has 1 saturated heterocycles. The van der Waals surface area contributed by atoms with Crippen molar-refractivity contribution >= 4 is 11.8 Å². The Kier molecular flexibility index (Phi) is 2.85. The molecule has 4 nitrogen and oxygen atoms in total. The van der Waals surface area contributed by atoms with E-state index in [0.717, 1.165) is 0 Å². The van der Waals surface area contributed by atoms with Crippen LogP contribution >= 0.6 is 0 Å². The lowest BCUT2D eigenvalue weighted by Gasteiger charge is -2.23. The number of rotatable bonds is 2. The van der Waals surface area contributed by atoms with Crippen LogP contribution in [0.5, 0.6) is 0 Å². The molecule has 0 aromatic heterocycles. The van der Waals surface area contributed by atoms with Gasteiger partial charge in [0.1, 0.15) is 11.9 Å². The molecule has 5 heteroatoms. The second-order valence-corrected chi connectivity index (χ2v) is 3.63. The quantitative estimate of drug-likeness (QED) is 0.739. The number of hydrogen-bond donors (Lipinski definition) is 2. The molecule has 0 spiro atoms. The van der Waals surface area contributed by atoms with Gasteiger partial charge in [0.05, 0.1) is 6.54 Å². The number of carbonyl (C=O) groups is 2. The van der Waals surface area contributed by atoms with Gasteiger partial charge in [0, 0.05) is 6.42 Å². The van der Waals surface area contributed by atoms with Crippen LogP contribution in [0.2, 0.25) is 0 Å². The average Bonchev–Trinajstić information content (AvgIpc) is 2.27. The van der Waals surface area contributed by atoms with Crippen molar-refractivity contribution in [3.63, 3.8) is 0 Å². The molecule has 2 amide bonds. The molecule has 16 heavy (non-hydrogen) atoms. The van der Waals surface area contributed by atoms with E-state index < -0.39 is 6.04 Å². The Hall–Kier alpha value is -1.91. The second kappa shape index (κ2) is 4.30. The zero-order valence-electron chi connectivity index (χ0n) is 8.50. The number of halogens is 1. The van der Waals surface area contributed by atoms with Crippen LogP contribution in [0.1, 0.15) is 5.56 Å². The fourth-order valence-electron chi connectivity index (χ4n) is 1.63. The van der Waals surface area contributed by atoms with Crippen LogP contribution in [0.25, 0.3) is 0 Å². The third kappa shape index (κ3) is 2.18. The molecule has 2 N–H and O–H groups in total. The van der Waals surface area contributed by atoms with Gasteiger partial charge in [-0.05, 0) is 11.6 Å². The van der Waals surface area contributed by atoms with Crippen molar-refractivity contribution in [3.05, 3.63) is 35.6 Å². The highest BCUT2D eigenvalue weighted by Gasteiger charge is 2.26. The van der Waals surface area contributed by atoms with Gasteiger partial charge in [0.2, 0.25) is 11.8 Å². The summed E-state index contributed by atoms with van der Waals surface area (Å²) >= 11 is 0. The smallest absolute Gasteiger partial charge is 0.243 e. The predicted molar refractivity (Wildman–Crippen MR) is 55.0 cm³/mol.